The van der Waals surface area contributed by atoms with Gasteiger partial charge in [0.25, 0.3) is 0 Å². The number of hydrogen-bond donors (Lipinski definition) is 0. The molecule has 70 valence electrons. The van der Waals surface area contributed by atoms with E-state index >= 15 is 0 Å². The molecule has 1 spiro atoms. The molecule has 0 aromatic heterocycles. The van der Waals surface area contributed by atoms with Crippen molar-refractivity contribution in [1.82, 2.24) is 4.90 Å². The van der Waals surface area contributed by atoms with Gasteiger partial charge in [0.15, 0.2) is 5.72 Å². The zero-order valence-corrected chi connectivity index (χ0v) is 7.53. The van der Waals surface area contributed by atoms with Crippen LogP contribution in [0.3, 0.4) is 0 Å². The van der Waals surface area contributed by atoms with E-state index in [1.54, 1.807) is 0 Å². The van der Waals surface area contributed by atoms with E-state index in [1.165, 1.54) is 19.3 Å². The minimum atomic E-state index is -0.105. The smallest absolute Gasteiger partial charge is 0.415 e. The van der Waals surface area contributed by atoms with Crippen LogP contribution in [0.15, 0.2) is 0 Å². The van der Waals surface area contributed by atoms with Crippen LogP contribution in [0.2, 0.25) is 0 Å². The lowest BCUT2D eigenvalue weighted by molar-refractivity contribution is -0.280. The highest BCUT2D eigenvalue weighted by Crippen LogP contribution is 2.58. The highest BCUT2D eigenvalue weighted by Gasteiger charge is 2.66. The topological polar surface area (TPSA) is 29.5 Å². The molecule has 2 saturated carbocycles. The zero-order chi connectivity index (χ0) is 8.63. The summed E-state index contributed by atoms with van der Waals surface area (Å²) in [6, 6.07) is 0.535. The fraction of sp³-hybridized carbons (Fsp3) is 0.900. The molecule has 2 aliphatic carbocycles. The van der Waals surface area contributed by atoms with Crippen LogP contribution < -0.4 is 0 Å². The lowest BCUT2D eigenvalue weighted by Crippen LogP contribution is -2.76. The maximum Gasteiger partial charge on any atom is 0.415 e. The van der Waals surface area contributed by atoms with Gasteiger partial charge in [-0.3, -0.25) is 4.90 Å². The summed E-state index contributed by atoms with van der Waals surface area (Å²) in [6.07, 6.45) is 6.06. The monoisotopic (exact) mass is 179 g/mol. The van der Waals surface area contributed by atoms with Crippen LogP contribution in [0.4, 0.5) is 4.79 Å². The van der Waals surface area contributed by atoms with Crippen molar-refractivity contribution < 1.29 is 9.53 Å². The number of hydrogen-bond acceptors (Lipinski definition) is 2. The van der Waals surface area contributed by atoms with Crippen LogP contribution in [-0.4, -0.2) is 22.8 Å². The van der Waals surface area contributed by atoms with E-state index in [2.05, 4.69) is 0 Å². The number of amides is 1. The van der Waals surface area contributed by atoms with Crippen molar-refractivity contribution in [3.63, 3.8) is 0 Å². The number of nitrogens with zero attached hydrogens (tertiary/aromatic N) is 1. The Kier molecular flexibility index (Phi) is 0.886. The van der Waals surface area contributed by atoms with Gasteiger partial charge in [-0.15, -0.1) is 0 Å². The molecule has 3 heteroatoms. The Labute approximate surface area is 77.0 Å². The van der Waals surface area contributed by atoms with Crippen molar-refractivity contribution in [2.24, 2.45) is 11.8 Å². The van der Waals surface area contributed by atoms with Gasteiger partial charge < -0.3 is 4.74 Å². The van der Waals surface area contributed by atoms with E-state index in [0.29, 0.717) is 6.04 Å². The fourth-order valence-corrected chi connectivity index (χ4v) is 4.21. The molecule has 0 aromatic carbocycles. The first-order valence-corrected chi connectivity index (χ1v) is 5.29. The lowest BCUT2D eigenvalue weighted by atomic mass is 9.61. The van der Waals surface area contributed by atoms with Gasteiger partial charge in [0, 0.05) is 18.9 Å². The number of carbonyl (C=O) groups excluding carboxylic acids is 1. The maximum absolute atomic E-state index is 11.3. The largest absolute Gasteiger partial charge is 0.422 e. The minimum Gasteiger partial charge on any atom is -0.422 e. The van der Waals surface area contributed by atoms with Crippen molar-refractivity contribution in [3.05, 3.63) is 0 Å². The molecule has 5 fully saturated rings. The molecule has 3 heterocycles. The predicted molar refractivity (Wildman–Crippen MR) is 44.9 cm³/mol. The summed E-state index contributed by atoms with van der Waals surface area (Å²) in [6.45, 7) is 0. The van der Waals surface area contributed by atoms with Crippen molar-refractivity contribution in [3.8, 4) is 0 Å². The molecular weight excluding hydrogens is 166 g/mol. The van der Waals surface area contributed by atoms with Crippen molar-refractivity contribution in [1.29, 1.82) is 0 Å². The standard InChI is InChI=1S/C10H13NO2/c12-9-11-8-2-6-1-7(3-8)5-10(11,4-6)13-9/h6-8H,1-5H2. The van der Waals surface area contributed by atoms with Crippen LogP contribution in [0, 0.1) is 11.8 Å². The fourth-order valence-electron chi connectivity index (χ4n) is 4.21. The van der Waals surface area contributed by atoms with Gasteiger partial charge in [-0.2, -0.15) is 0 Å². The molecule has 3 saturated heterocycles. The van der Waals surface area contributed by atoms with Crippen molar-refractivity contribution in [2.45, 2.75) is 43.9 Å². The third-order valence-electron chi connectivity index (χ3n) is 4.37. The van der Waals surface area contributed by atoms with E-state index in [-0.39, 0.29) is 11.8 Å². The molecule has 1 amide bonds. The molecule has 5 rings (SSSR count). The van der Waals surface area contributed by atoms with Crippen molar-refractivity contribution >= 4 is 6.09 Å². The first-order valence-electron chi connectivity index (χ1n) is 5.29. The quantitative estimate of drug-likeness (QED) is 0.566. The Bertz CT molecular complexity index is 287. The van der Waals surface area contributed by atoms with E-state index in [9.17, 15) is 4.79 Å². The van der Waals surface area contributed by atoms with E-state index in [1.807, 2.05) is 4.90 Å². The Morgan fingerprint density at radius 1 is 1.23 bits per heavy atom. The Balaban J connectivity index is 1.80. The summed E-state index contributed by atoms with van der Waals surface area (Å²) < 4.78 is 5.39. The summed E-state index contributed by atoms with van der Waals surface area (Å²) in [5, 5.41) is 0. The van der Waals surface area contributed by atoms with Crippen LogP contribution in [0.1, 0.15) is 32.1 Å². The number of ether oxygens (including phenoxy) is 1. The van der Waals surface area contributed by atoms with Crippen molar-refractivity contribution in [2.75, 3.05) is 0 Å². The van der Waals surface area contributed by atoms with Gasteiger partial charge >= 0.3 is 6.09 Å². The van der Waals surface area contributed by atoms with Gasteiger partial charge in [-0.25, -0.2) is 4.79 Å². The Morgan fingerprint density at radius 2 is 1.92 bits per heavy atom. The van der Waals surface area contributed by atoms with E-state index in [4.69, 9.17) is 4.74 Å². The van der Waals surface area contributed by atoms with Gasteiger partial charge in [-0.1, -0.05) is 0 Å². The average Bonchev–Trinajstić information content (AvgIpc) is 1.99. The first kappa shape index (κ1) is 6.68. The molecule has 3 nitrogen and oxygen atoms in total. The summed E-state index contributed by atoms with van der Waals surface area (Å²) in [5.74, 6) is 1.70. The molecule has 5 aliphatic rings. The molecule has 3 aliphatic heterocycles. The molecule has 4 bridgehead atoms. The third-order valence-corrected chi connectivity index (χ3v) is 4.37. The van der Waals surface area contributed by atoms with Gasteiger partial charge in [0.05, 0.1) is 0 Å². The third kappa shape index (κ3) is 0.597. The highest BCUT2D eigenvalue weighted by atomic mass is 16.6. The highest BCUT2D eigenvalue weighted by molar-refractivity contribution is 5.75. The second-order valence-electron chi connectivity index (χ2n) is 5.19. The molecule has 0 N–H and O–H groups in total. The molecular formula is C10H13NO2. The zero-order valence-electron chi connectivity index (χ0n) is 7.53. The number of piperidine rings is 2. The lowest BCUT2D eigenvalue weighted by Gasteiger charge is -2.66. The van der Waals surface area contributed by atoms with Crippen LogP contribution in [-0.2, 0) is 4.74 Å². The molecule has 2 unspecified atom stereocenters. The predicted octanol–water partition coefficient (Wildman–Crippen LogP) is 1.73. The second-order valence-corrected chi connectivity index (χ2v) is 5.19. The van der Waals surface area contributed by atoms with Crippen LogP contribution in [0.5, 0.6) is 0 Å². The van der Waals surface area contributed by atoms with Crippen LogP contribution >= 0.6 is 0 Å². The summed E-state index contributed by atoms with van der Waals surface area (Å²) in [4.78, 5) is 13.3. The van der Waals surface area contributed by atoms with Gasteiger partial charge in [-0.05, 0) is 31.1 Å². The summed E-state index contributed by atoms with van der Waals surface area (Å²) >= 11 is 0. The summed E-state index contributed by atoms with van der Waals surface area (Å²) in [5.41, 5.74) is -0.105. The first-order chi connectivity index (χ1) is 6.27. The number of carbonyl (C=O) groups is 1. The molecule has 13 heavy (non-hydrogen) atoms. The van der Waals surface area contributed by atoms with Crippen LogP contribution in [0.25, 0.3) is 0 Å². The Morgan fingerprint density at radius 3 is 2.46 bits per heavy atom. The second kappa shape index (κ2) is 1.72. The minimum absolute atomic E-state index is 0.0520. The Hall–Kier alpha value is -0.730. The molecule has 0 radical (unpaired) electrons. The number of rotatable bonds is 0. The van der Waals surface area contributed by atoms with Gasteiger partial charge in [0.2, 0.25) is 0 Å². The summed E-state index contributed by atoms with van der Waals surface area (Å²) in [7, 11) is 0. The normalized spacial score (nSPS) is 55.8. The average molecular weight is 179 g/mol. The van der Waals surface area contributed by atoms with E-state index < -0.39 is 0 Å². The van der Waals surface area contributed by atoms with E-state index in [0.717, 1.165) is 24.7 Å². The SMILES string of the molecule is O=C1OC23CC4CC(CC(C4)N12)C3. The van der Waals surface area contributed by atoms with Gasteiger partial charge in [0.1, 0.15) is 0 Å². The maximum atomic E-state index is 11.3. The molecule has 0 aromatic rings. The molecule has 2 atom stereocenters.